The van der Waals surface area contributed by atoms with Gasteiger partial charge < -0.3 is 9.64 Å². The van der Waals surface area contributed by atoms with Crippen LogP contribution in [0.15, 0.2) is 30.5 Å². The zero-order chi connectivity index (χ0) is 15.5. The molecule has 1 aliphatic rings. The predicted molar refractivity (Wildman–Crippen MR) is 83.9 cm³/mol. The van der Waals surface area contributed by atoms with E-state index in [0.717, 1.165) is 24.2 Å². The van der Waals surface area contributed by atoms with E-state index in [-0.39, 0.29) is 12.7 Å². The number of benzene rings is 1. The van der Waals surface area contributed by atoms with Crippen molar-refractivity contribution in [1.29, 1.82) is 0 Å². The van der Waals surface area contributed by atoms with Gasteiger partial charge in [-0.1, -0.05) is 23.2 Å². The third-order valence-corrected chi connectivity index (χ3v) is 3.93. The minimum absolute atomic E-state index is 0.148. The lowest BCUT2D eigenvalue weighted by molar-refractivity contribution is 0.0942. The van der Waals surface area contributed by atoms with Crippen molar-refractivity contribution in [2.45, 2.75) is 26.1 Å². The van der Waals surface area contributed by atoms with E-state index in [1.165, 1.54) is 0 Å². The fourth-order valence-electron chi connectivity index (χ4n) is 2.47. The molecule has 0 fully saturated rings. The van der Waals surface area contributed by atoms with Gasteiger partial charge in [0.05, 0.1) is 12.2 Å². The number of hydrogen-bond donors (Lipinski definition) is 0. The maximum atomic E-state index is 12.2. The van der Waals surface area contributed by atoms with Gasteiger partial charge >= 0.3 is 6.09 Å². The second-order valence-corrected chi connectivity index (χ2v) is 6.03. The Hall–Kier alpha value is -1.72. The number of nitrogens with zero attached hydrogens (tertiary/aromatic N) is 3. The molecular weight excluding hydrogens is 325 g/mol. The highest BCUT2D eigenvalue weighted by molar-refractivity contribution is 6.34. The molecule has 0 saturated heterocycles. The largest absolute Gasteiger partial charge is 0.445 e. The van der Waals surface area contributed by atoms with Crippen LogP contribution in [0.5, 0.6) is 0 Å². The van der Waals surface area contributed by atoms with Crippen molar-refractivity contribution in [3.8, 4) is 0 Å². The Labute approximate surface area is 138 Å². The smallest absolute Gasteiger partial charge is 0.410 e. The number of carbonyl (C=O) groups excluding carboxylic acids is 1. The Morgan fingerprint density at radius 2 is 2.00 bits per heavy atom. The average Bonchev–Trinajstić information content (AvgIpc) is 2.81. The second-order valence-electron chi connectivity index (χ2n) is 5.15. The lowest BCUT2D eigenvalue weighted by Gasteiger charge is -2.19. The quantitative estimate of drug-likeness (QED) is 0.837. The van der Waals surface area contributed by atoms with E-state index < -0.39 is 0 Å². The van der Waals surface area contributed by atoms with E-state index >= 15 is 0 Å². The zero-order valence-corrected chi connectivity index (χ0v) is 13.3. The molecule has 2 heterocycles. The molecule has 0 aliphatic carbocycles. The average molecular weight is 340 g/mol. The number of hydrogen-bond acceptors (Lipinski definition) is 3. The molecule has 0 spiro atoms. The minimum Gasteiger partial charge on any atom is -0.445 e. The molecule has 22 heavy (non-hydrogen) atoms. The monoisotopic (exact) mass is 339 g/mol. The first-order valence-electron chi connectivity index (χ1n) is 6.99. The van der Waals surface area contributed by atoms with Gasteiger partial charge in [0, 0.05) is 29.3 Å². The van der Waals surface area contributed by atoms with Crippen LogP contribution in [0, 0.1) is 0 Å². The van der Waals surface area contributed by atoms with Crippen molar-refractivity contribution in [2.75, 3.05) is 6.54 Å². The minimum atomic E-state index is -0.342. The number of fused-ring (bicyclic) bond motifs is 1. The van der Waals surface area contributed by atoms with Gasteiger partial charge in [0.1, 0.15) is 6.61 Å². The molecule has 1 amide bonds. The van der Waals surface area contributed by atoms with E-state index in [1.54, 1.807) is 29.3 Å². The standard InChI is InChI=1S/C15H15Cl2N3O2/c16-12-6-11(7-13(17)8-12)10-22-15(21)19-4-1-5-20-14(9-19)2-3-18-20/h2-3,6-8H,1,4-5,9-10H2. The number of aryl methyl sites for hydroxylation is 1. The molecule has 1 aromatic carbocycles. The SMILES string of the molecule is O=C(OCc1cc(Cl)cc(Cl)c1)N1CCCn2nccc2C1. The van der Waals surface area contributed by atoms with Gasteiger partial charge in [-0.3, -0.25) is 4.68 Å². The maximum absolute atomic E-state index is 12.2. The van der Waals surface area contributed by atoms with Gasteiger partial charge in [-0.2, -0.15) is 5.10 Å². The van der Waals surface area contributed by atoms with Gasteiger partial charge in [0.15, 0.2) is 0 Å². The fraction of sp³-hybridized carbons (Fsp3) is 0.333. The summed E-state index contributed by atoms with van der Waals surface area (Å²) in [4.78, 5) is 13.9. The first-order valence-corrected chi connectivity index (χ1v) is 7.75. The van der Waals surface area contributed by atoms with Gasteiger partial charge in [-0.05, 0) is 36.2 Å². The number of ether oxygens (including phenoxy) is 1. The van der Waals surface area contributed by atoms with Crippen molar-refractivity contribution < 1.29 is 9.53 Å². The fourth-order valence-corrected chi connectivity index (χ4v) is 3.04. The van der Waals surface area contributed by atoms with Gasteiger partial charge in [0.25, 0.3) is 0 Å². The molecule has 2 aromatic rings. The van der Waals surface area contributed by atoms with Gasteiger partial charge in [0.2, 0.25) is 0 Å². The van der Waals surface area contributed by atoms with Crippen LogP contribution in [-0.4, -0.2) is 27.3 Å². The Kier molecular flexibility index (Phi) is 4.55. The summed E-state index contributed by atoms with van der Waals surface area (Å²) < 4.78 is 7.29. The topological polar surface area (TPSA) is 47.4 Å². The van der Waals surface area contributed by atoms with Crippen molar-refractivity contribution in [3.63, 3.8) is 0 Å². The summed E-state index contributed by atoms with van der Waals surface area (Å²) >= 11 is 11.9. The number of carbonyl (C=O) groups is 1. The van der Waals surface area contributed by atoms with Crippen LogP contribution in [0.25, 0.3) is 0 Å². The van der Waals surface area contributed by atoms with Crippen molar-refractivity contribution in [1.82, 2.24) is 14.7 Å². The number of rotatable bonds is 2. The summed E-state index contributed by atoms with van der Waals surface area (Å²) in [5.41, 5.74) is 1.78. The van der Waals surface area contributed by atoms with Crippen LogP contribution in [0.1, 0.15) is 17.7 Å². The highest BCUT2D eigenvalue weighted by atomic mass is 35.5. The molecule has 7 heteroatoms. The highest BCUT2D eigenvalue weighted by Crippen LogP contribution is 2.20. The normalized spacial score (nSPS) is 14.4. The van der Waals surface area contributed by atoms with Crippen LogP contribution in [0.2, 0.25) is 10.0 Å². The van der Waals surface area contributed by atoms with Gasteiger partial charge in [-0.25, -0.2) is 4.79 Å². The molecule has 3 rings (SSSR count). The molecule has 0 unspecified atom stereocenters. The number of amides is 1. The van der Waals surface area contributed by atoms with Crippen LogP contribution in [0.4, 0.5) is 4.79 Å². The van der Waals surface area contributed by atoms with E-state index in [9.17, 15) is 4.79 Å². The van der Waals surface area contributed by atoms with Crippen molar-refractivity contribution in [2.24, 2.45) is 0 Å². The summed E-state index contributed by atoms with van der Waals surface area (Å²) in [6, 6.07) is 7.03. The molecule has 0 bridgehead atoms. The van der Waals surface area contributed by atoms with Gasteiger partial charge in [-0.15, -0.1) is 0 Å². The first kappa shape index (κ1) is 15.2. The van der Waals surface area contributed by atoms with Crippen molar-refractivity contribution >= 4 is 29.3 Å². The lowest BCUT2D eigenvalue weighted by Crippen LogP contribution is -2.31. The Morgan fingerprint density at radius 1 is 1.23 bits per heavy atom. The lowest BCUT2D eigenvalue weighted by atomic mass is 10.2. The van der Waals surface area contributed by atoms with Crippen LogP contribution in [-0.2, 0) is 24.4 Å². The molecule has 5 nitrogen and oxygen atoms in total. The predicted octanol–water partition coefficient (Wildman–Crippen LogP) is 3.73. The third kappa shape index (κ3) is 3.54. The highest BCUT2D eigenvalue weighted by Gasteiger charge is 2.20. The first-order chi connectivity index (χ1) is 10.6. The summed E-state index contributed by atoms with van der Waals surface area (Å²) in [5, 5.41) is 5.28. The van der Waals surface area contributed by atoms with Crippen LogP contribution >= 0.6 is 23.2 Å². The summed E-state index contributed by atoms with van der Waals surface area (Å²) in [5.74, 6) is 0. The van der Waals surface area contributed by atoms with Crippen LogP contribution in [0.3, 0.4) is 0 Å². The molecule has 1 aromatic heterocycles. The number of aromatic nitrogens is 2. The summed E-state index contributed by atoms with van der Waals surface area (Å²) in [7, 11) is 0. The molecule has 1 aliphatic heterocycles. The number of halogens is 2. The van der Waals surface area contributed by atoms with E-state index in [0.29, 0.717) is 23.1 Å². The van der Waals surface area contributed by atoms with E-state index in [4.69, 9.17) is 27.9 Å². The molecular formula is C15H15Cl2N3O2. The molecule has 0 atom stereocenters. The molecule has 0 N–H and O–H groups in total. The van der Waals surface area contributed by atoms with Crippen molar-refractivity contribution in [3.05, 3.63) is 51.8 Å². The molecule has 116 valence electrons. The molecule has 0 saturated carbocycles. The zero-order valence-electron chi connectivity index (χ0n) is 11.8. The Morgan fingerprint density at radius 3 is 2.77 bits per heavy atom. The molecule has 0 radical (unpaired) electrons. The Bertz CT molecular complexity index is 667. The van der Waals surface area contributed by atoms with E-state index in [1.807, 2.05) is 10.7 Å². The maximum Gasteiger partial charge on any atom is 0.410 e. The summed E-state index contributed by atoms with van der Waals surface area (Å²) in [6.45, 7) is 2.12. The van der Waals surface area contributed by atoms with E-state index in [2.05, 4.69) is 5.10 Å². The van der Waals surface area contributed by atoms with Crippen LogP contribution < -0.4 is 0 Å². The Balaban J connectivity index is 1.62. The third-order valence-electron chi connectivity index (χ3n) is 3.50. The summed E-state index contributed by atoms with van der Waals surface area (Å²) in [6.07, 6.45) is 2.26. The second kappa shape index (κ2) is 6.58.